The van der Waals surface area contributed by atoms with Crippen molar-refractivity contribution in [2.45, 2.75) is 13.8 Å². The molecule has 0 aliphatic rings. The van der Waals surface area contributed by atoms with E-state index in [2.05, 4.69) is 16.0 Å². The molecule has 0 atom stereocenters. The zero-order chi connectivity index (χ0) is 20.5. The topological polar surface area (TPSA) is 79.5 Å². The lowest BCUT2D eigenvalue weighted by Gasteiger charge is -2.11. The van der Waals surface area contributed by atoms with E-state index in [9.17, 15) is 9.59 Å². The van der Waals surface area contributed by atoms with E-state index in [4.69, 9.17) is 17.0 Å². The monoisotopic (exact) mass is 397 g/mol. The summed E-state index contributed by atoms with van der Waals surface area (Å²) in [7, 11) is 1.57. The van der Waals surface area contributed by atoms with Crippen LogP contribution in [0.25, 0.3) is 6.08 Å². The van der Waals surface area contributed by atoms with E-state index in [1.807, 2.05) is 38.1 Å². The first-order valence-electron chi connectivity index (χ1n) is 8.73. The van der Waals surface area contributed by atoms with Gasteiger partial charge in [0.25, 0.3) is 0 Å². The molecule has 0 aromatic heterocycles. The smallest absolute Gasteiger partial charge is 0.250 e. The molecule has 6 nitrogen and oxygen atoms in total. The molecule has 2 amide bonds. The third-order valence-corrected chi connectivity index (χ3v) is 3.91. The fourth-order valence-corrected chi connectivity index (χ4v) is 2.47. The number of carbonyl (C=O) groups is 2. The first-order chi connectivity index (χ1) is 13.4. The molecule has 0 saturated carbocycles. The molecule has 2 rings (SSSR count). The SMILES string of the molecule is COc1ccccc1/C=C/C(=O)NC(=S)Nc1cccc(NC(=O)C(C)C)c1. The van der Waals surface area contributed by atoms with Crippen molar-refractivity contribution in [3.8, 4) is 5.75 Å². The van der Waals surface area contributed by atoms with Crippen LogP contribution in [0.1, 0.15) is 19.4 Å². The Morgan fingerprint density at radius 3 is 2.39 bits per heavy atom. The lowest BCUT2D eigenvalue weighted by Crippen LogP contribution is -2.32. The maximum atomic E-state index is 12.1. The highest BCUT2D eigenvalue weighted by atomic mass is 32.1. The normalized spacial score (nSPS) is 10.6. The second kappa shape index (κ2) is 10.2. The van der Waals surface area contributed by atoms with Crippen LogP contribution >= 0.6 is 12.2 Å². The third kappa shape index (κ3) is 6.51. The molecule has 2 aromatic carbocycles. The fraction of sp³-hybridized carbons (Fsp3) is 0.190. The zero-order valence-electron chi connectivity index (χ0n) is 16.0. The molecular weight excluding hydrogens is 374 g/mol. The molecule has 0 fully saturated rings. The van der Waals surface area contributed by atoms with Gasteiger partial charge < -0.3 is 15.4 Å². The molecule has 0 radical (unpaired) electrons. The number of hydrogen-bond acceptors (Lipinski definition) is 4. The van der Waals surface area contributed by atoms with E-state index >= 15 is 0 Å². The van der Waals surface area contributed by atoms with Gasteiger partial charge in [0.1, 0.15) is 5.75 Å². The highest BCUT2D eigenvalue weighted by molar-refractivity contribution is 7.80. The maximum absolute atomic E-state index is 12.1. The first-order valence-corrected chi connectivity index (χ1v) is 9.14. The van der Waals surface area contributed by atoms with Gasteiger partial charge in [0, 0.05) is 28.9 Å². The molecule has 0 saturated heterocycles. The van der Waals surface area contributed by atoms with Crippen LogP contribution in [0.5, 0.6) is 5.75 Å². The Morgan fingerprint density at radius 1 is 1.04 bits per heavy atom. The Hall–Kier alpha value is -3.19. The predicted octanol–water partition coefficient (Wildman–Crippen LogP) is 3.82. The van der Waals surface area contributed by atoms with Crippen molar-refractivity contribution in [3.63, 3.8) is 0 Å². The van der Waals surface area contributed by atoms with Gasteiger partial charge in [-0.3, -0.25) is 14.9 Å². The maximum Gasteiger partial charge on any atom is 0.250 e. The molecule has 0 unspecified atom stereocenters. The summed E-state index contributed by atoms with van der Waals surface area (Å²) in [6.07, 6.45) is 3.03. The van der Waals surface area contributed by atoms with Crippen molar-refractivity contribution in [2.75, 3.05) is 17.7 Å². The lowest BCUT2D eigenvalue weighted by molar-refractivity contribution is -0.119. The highest BCUT2D eigenvalue weighted by Crippen LogP contribution is 2.18. The molecular formula is C21H23N3O3S. The lowest BCUT2D eigenvalue weighted by atomic mass is 10.2. The molecule has 3 N–H and O–H groups in total. The van der Waals surface area contributed by atoms with Gasteiger partial charge in [-0.05, 0) is 42.6 Å². The van der Waals surface area contributed by atoms with E-state index in [1.54, 1.807) is 37.5 Å². The number of ether oxygens (including phenoxy) is 1. The Balaban J connectivity index is 1.94. The number of hydrogen-bond donors (Lipinski definition) is 3. The number of para-hydroxylation sites is 1. The summed E-state index contributed by atoms with van der Waals surface area (Å²) in [4.78, 5) is 23.9. The summed E-state index contributed by atoms with van der Waals surface area (Å²) < 4.78 is 5.24. The van der Waals surface area contributed by atoms with Crippen molar-refractivity contribution >= 4 is 46.6 Å². The van der Waals surface area contributed by atoms with Crippen LogP contribution in [0.4, 0.5) is 11.4 Å². The molecule has 0 bridgehead atoms. The van der Waals surface area contributed by atoms with E-state index < -0.39 is 0 Å². The average Bonchev–Trinajstić information content (AvgIpc) is 2.66. The van der Waals surface area contributed by atoms with Gasteiger partial charge in [-0.25, -0.2) is 0 Å². The molecule has 146 valence electrons. The minimum absolute atomic E-state index is 0.0745. The Labute approximate surface area is 170 Å². The van der Waals surface area contributed by atoms with E-state index in [0.29, 0.717) is 17.1 Å². The summed E-state index contributed by atoms with van der Waals surface area (Å²) in [6, 6.07) is 14.5. The van der Waals surface area contributed by atoms with Crippen molar-refractivity contribution in [1.82, 2.24) is 5.32 Å². The van der Waals surface area contributed by atoms with Crippen LogP contribution in [0, 0.1) is 5.92 Å². The number of thiocarbonyl (C=S) groups is 1. The van der Waals surface area contributed by atoms with Crippen molar-refractivity contribution < 1.29 is 14.3 Å². The van der Waals surface area contributed by atoms with Crippen LogP contribution in [0.2, 0.25) is 0 Å². The second-order valence-corrected chi connectivity index (χ2v) is 6.65. The van der Waals surface area contributed by atoms with E-state index in [0.717, 1.165) is 5.56 Å². The molecule has 28 heavy (non-hydrogen) atoms. The Kier molecular flexibility index (Phi) is 7.71. The third-order valence-electron chi connectivity index (χ3n) is 3.70. The summed E-state index contributed by atoms with van der Waals surface area (Å²) >= 11 is 5.18. The Bertz CT molecular complexity index is 894. The van der Waals surface area contributed by atoms with Crippen molar-refractivity contribution in [3.05, 3.63) is 60.2 Å². The standard InChI is InChI=1S/C21H23N3O3S/c1-14(2)20(26)22-16-8-6-9-17(13-16)23-21(28)24-19(25)12-11-15-7-4-5-10-18(15)27-3/h4-14H,1-3H3,(H,22,26)(H2,23,24,25,28)/b12-11+. The number of amides is 2. The fourth-order valence-electron chi connectivity index (χ4n) is 2.25. The van der Waals surface area contributed by atoms with Gasteiger partial charge >= 0.3 is 0 Å². The quantitative estimate of drug-likeness (QED) is 0.510. The van der Waals surface area contributed by atoms with Crippen LogP contribution in [0.3, 0.4) is 0 Å². The number of benzene rings is 2. The number of nitrogens with one attached hydrogen (secondary N) is 3. The Morgan fingerprint density at radius 2 is 1.71 bits per heavy atom. The molecule has 0 aliphatic heterocycles. The molecule has 0 aliphatic carbocycles. The number of anilines is 2. The zero-order valence-corrected chi connectivity index (χ0v) is 16.8. The molecule has 7 heteroatoms. The summed E-state index contributed by atoms with van der Waals surface area (Å²) in [5, 5.41) is 8.47. The number of methoxy groups -OCH3 is 1. The minimum atomic E-state index is -0.368. The van der Waals surface area contributed by atoms with Gasteiger partial charge in [0.15, 0.2) is 5.11 Å². The van der Waals surface area contributed by atoms with Gasteiger partial charge in [-0.2, -0.15) is 0 Å². The van der Waals surface area contributed by atoms with Crippen molar-refractivity contribution in [2.24, 2.45) is 5.92 Å². The van der Waals surface area contributed by atoms with Gasteiger partial charge in [0.05, 0.1) is 7.11 Å². The number of rotatable bonds is 6. The van der Waals surface area contributed by atoms with Crippen LogP contribution in [-0.2, 0) is 9.59 Å². The van der Waals surface area contributed by atoms with Gasteiger partial charge in [-0.15, -0.1) is 0 Å². The summed E-state index contributed by atoms with van der Waals surface area (Å²) in [6.45, 7) is 3.64. The van der Waals surface area contributed by atoms with Crippen molar-refractivity contribution in [1.29, 1.82) is 0 Å². The van der Waals surface area contributed by atoms with Crippen LogP contribution < -0.4 is 20.7 Å². The predicted molar refractivity (Wildman–Crippen MR) is 116 cm³/mol. The number of carbonyl (C=O) groups excluding carboxylic acids is 2. The van der Waals surface area contributed by atoms with Gasteiger partial charge in [0.2, 0.25) is 11.8 Å². The van der Waals surface area contributed by atoms with E-state index in [1.165, 1.54) is 6.08 Å². The minimum Gasteiger partial charge on any atom is -0.496 e. The van der Waals surface area contributed by atoms with Crippen LogP contribution in [0.15, 0.2) is 54.6 Å². The van der Waals surface area contributed by atoms with Gasteiger partial charge in [-0.1, -0.05) is 38.1 Å². The first kappa shape index (κ1) is 21.1. The highest BCUT2D eigenvalue weighted by Gasteiger charge is 2.08. The average molecular weight is 398 g/mol. The molecule has 0 spiro atoms. The summed E-state index contributed by atoms with van der Waals surface area (Å²) in [5.74, 6) is 0.113. The molecule has 0 heterocycles. The second-order valence-electron chi connectivity index (χ2n) is 6.24. The van der Waals surface area contributed by atoms with Crippen LogP contribution in [-0.4, -0.2) is 24.0 Å². The largest absolute Gasteiger partial charge is 0.496 e. The molecule has 2 aromatic rings. The van der Waals surface area contributed by atoms with E-state index in [-0.39, 0.29) is 22.8 Å². The summed E-state index contributed by atoms with van der Waals surface area (Å²) in [5.41, 5.74) is 2.09.